The average molecular weight is 366 g/mol. The standard InChI is InChI=1S/C9H10Br2N4O2/c10-6-1-13-8(7(11)14-6)15-9(16)4-2-17-3-5(4)12/h1,4-5H,2-3,12H2,(H,13,15,16). The number of aromatic nitrogens is 2. The summed E-state index contributed by atoms with van der Waals surface area (Å²) in [5, 5.41) is 2.67. The molecule has 1 fully saturated rings. The Hall–Kier alpha value is -0.570. The van der Waals surface area contributed by atoms with Crippen LogP contribution in [0.5, 0.6) is 0 Å². The Bertz CT molecular complexity index is 443. The van der Waals surface area contributed by atoms with Crippen molar-refractivity contribution >= 4 is 43.6 Å². The third kappa shape index (κ3) is 3.01. The predicted octanol–water partition coefficient (Wildman–Crippen LogP) is 0.914. The normalized spacial score (nSPS) is 23.7. The van der Waals surface area contributed by atoms with Crippen LogP contribution in [0.2, 0.25) is 0 Å². The maximum absolute atomic E-state index is 11.9. The molecule has 17 heavy (non-hydrogen) atoms. The summed E-state index contributed by atoms with van der Waals surface area (Å²) in [7, 11) is 0. The largest absolute Gasteiger partial charge is 0.379 e. The van der Waals surface area contributed by atoms with Crippen molar-refractivity contribution in [3.05, 3.63) is 15.4 Å². The zero-order valence-corrected chi connectivity index (χ0v) is 11.9. The zero-order valence-electron chi connectivity index (χ0n) is 8.69. The number of nitrogens with zero attached hydrogens (tertiary/aromatic N) is 2. The Kier molecular flexibility index (Phi) is 4.08. The van der Waals surface area contributed by atoms with Gasteiger partial charge in [-0.15, -0.1) is 0 Å². The Morgan fingerprint density at radius 1 is 1.53 bits per heavy atom. The van der Waals surface area contributed by atoms with Gasteiger partial charge in [0.1, 0.15) is 9.21 Å². The number of nitrogens with one attached hydrogen (secondary N) is 1. The molecule has 0 spiro atoms. The number of hydrogen-bond donors (Lipinski definition) is 2. The first kappa shape index (κ1) is 12.9. The molecule has 2 atom stereocenters. The van der Waals surface area contributed by atoms with E-state index < -0.39 is 0 Å². The van der Waals surface area contributed by atoms with Crippen LogP contribution in [-0.2, 0) is 9.53 Å². The van der Waals surface area contributed by atoms with Crippen molar-refractivity contribution in [3.8, 4) is 0 Å². The highest BCUT2D eigenvalue weighted by atomic mass is 79.9. The van der Waals surface area contributed by atoms with Crippen LogP contribution in [0.25, 0.3) is 0 Å². The SMILES string of the molecule is NC1COCC1C(=O)Nc1ncc(Br)nc1Br. The van der Waals surface area contributed by atoms with Crippen LogP contribution in [0.1, 0.15) is 0 Å². The molecule has 2 unspecified atom stereocenters. The molecule has 1 amide bonds. The molecule has 1 aliphatic rings. The van der Waals surface area contributed by atoms with Gasteiger partial charge < -0.3 is 15.8 Å². The van der Waals surface area contributed by atoms with Crippen molar-refractivity contribution in [2.45, 2.75) is 6.04 Å². The summed E-state index contributed by atoms with van der Waals surface area (Å²) >= 11 is 6.40. The highest BCUT2D eigenvalue weighted by Crippen LogP contribution is 2.21. The Balaban J connectivity index is 2.07. The van der Waals surface area contributed by atoms with Crippen LogP contribution in [-0.4, -0.2) is 35.1 Å². The molecule has 1 aromatic heterocycles. The molecule has 92 valence electrons. The van der Waals surface area contributed by atoms with Crippen molar-refractivity contribution in [1.82, 2.24) is 9.97 Å². The van der Waals surface area contributed by atoms with Gasteiger partial charge in [-0.3, -0.25) is 4.79 Å². The lowest BCUT2D eigenvalue weighted by Gasteiger charge is -2.13. The number of anilines is 1. The van der Waals surface area contributed by atoms with E-state index in [0.717, 1.165) is 0 Å². The number of nitrogens with two attached hydrogens (primary N) is 1. The first-order chi connectivity index (χ1) is 8.08. The van der Waals surface area contributed by atoms with Gasteiger partial charge in [0.15, 0.2) is 5.82 Å². The maximum atomic E-state index is 11.9. The lowest BCUT2D eigenvalue weighted by molar-refractivity contribution is -0.120. The molecule has 8 heteroatoms. The number of carbonyl (C=O) groups is 1. The Morgan fingerprint density at radius 2 is 2.29 bits per heavy atom. The molecular formula is C9H10Br2N4O2. The fourth-order valence-corrected chi connectivity index (χ4v) is 2.39. The smallest absolute Gasteiger partial charge is 0.232 e. The zero-order chi connectivity index (χ0) is 12.4. The van der Waals surface area contributed by atoms with Gasteiger partial charge in [-0.05, 0) is 31.9 Å². The summed E-state index contributed by atoms with van der Waals surface area (Å²) in [6, 6.07) is -0.266. The van der Waals surface area contributed by atoms with Crippen LogP contribution in [0.15, 0.2) is 15.4 Å². The van der Waals surface area contributed by atoms with E-state index in [4.69, 9.17) is 10.5 Å². The third-order valence-electron chi connectivity index (χ3n) is 2.40. The van der Waals surface area contributed by atoms with Crippen LogP contribution >= 0.6 is 31.9 Å². The minimum Gasteiger partial charge on any atom is -0.379 e. The highest BCUT2D eigenvalue weighted by molar-refractivity contribution is 9.11. The van der Waals surface area contributed by atoms with Gasteiger partial charge in [0.05, 0.1) is 25.3 Å². The molecule has 0 aromatic carbocycles. The van der Waals surface area contributed by atoms with Gasteiger partial charge in [-0.1, -0.05) is 0 Å². The summed E-state index contributed by atoms with van der Waals surface area (Å²) in [6.07, 6.45) is 1.51. The molecule has 3 N–H and O–H groups in total. The number of halogens is 2. The molecule has 6 nitrogen and oxygen atoms in total. The molecule has 2 heterocycles. The second-order valence-electron chi connectivity index (χ2n) is 3.63. The van der Waals surface area contributed by atoms with E-state index in [0.29, 0.717) is 28.2 Å². The van der Waals surface area contributed by atoms with E-state index in [9.17, 15) is 4.79 Å². The van der Waals surface area contributed by atoms with Crippen LogP contribution in [0.3, 0.4) is 0 Å². The van der Waals surface area contributed by atoms with E-state index in [1.54, 1.807) is 0 Å². The lowest BCUT2D eigenvalue weighted by atomic mass is 10.0. The number of amides is 1. The fraction of sp³-hybridized carbons (Fsp3) is 0.444. The lowest BCUT2D eigenvalue weighted by Crippen LogP contribution is -2.37. The molecule has 1 aliphatic heterocycles. The number of carbonyl (C=O) groups excluding carboxylic acids is 1. The molecule has 0 saturated carbocycles. The van der Waals surface area contributed by atoms with Gasteiger partial charge in [0.25, 0.3) is 0 Å². The molecule has 0 radical (unpaired) electrons. The number of rotatable bonds is 2. The fourth-order valence-electron chi connectivity index (χ4n) is 1.48. The first-order valence-electron chi connectivity index (χ1n) is 4.90. The molecule has 2 rings (SSSR count). The van der Waals surface area contributed by atoms with E-state index in [2.05, 4.69) is 47.1 Å². The maximum Gasteiger partial charge on any atom is 0.232 e. The van der Waals surface area contributed by atoms with Crippen molar-refractivity contribution in [2.24, 2.45) is 11.7 Å². The Labute approximate surface area is 115 Å². The summed E-state index contributed by atoms with van der Waals surface area (Å²) < 4.78 is 6.19. The second-order valence-corrected chi connectivity index (χ2v) is 5.19. The quantitative estimate of drug-likeness (QED) is 0.813. The summed E-state index contributed by atoms with van der Waals surface area (Å²) in [5.74, 6) is -0.169. The third-order valence-corrected chi connectivity index (χ3v) is 3.34. The van der Waals surface area contributed by atoms with E-state index in [-0.39, 0.29) is 17.9 Å². The molecule has 0 bridgehead atoms. The second kappa shape index (κ2) is 5.38. The predicted molar refractivity (Wildman–Crippen MR) is 68.3 cm³/mol. The van der Waals surface area contributed by atoms with Gasteiger partial charge in [-0.2, -0.15) is 0 Å². The summed E-state index contributed by atoms with van der Waals surface area (Å²) in [4.78, 5) is 20.0. The van der Waals surface area contributed by atoms with Gasteiger partial charge >= 0.3 is 0 Å². The van der Waals surface area contributed by atoms with Crippen molar-refractivity contribution in [2.75, 3.05) is 18.5 Å². The molecular weight excluding hydrogens is 356 g/mol. The summed E-state index contributed by atoms with van der Waals surface area (Å²) in [5.41, 5.74) is 5.75. The highest BCUT2D eigenvalue weighted by Gasteiger charge is 2.31. The monoisotopic (exact) mass is 364 g/mol. The van der Waals surface area contributed by atoms with Gasteiger partial charge in [-0.25, -0.2) is 9.97 Å². The molecule has 1 aromatic rings. The Morgan fingerprint density at radius 3 is 2.88 bits per heavy atom. The van der Waals surface area contributed by atoms with E-state index in [1.807, 2.05) is 0 Å². The van der Waals surface area contributed by atoms with Crippen molar-refractivity contribution in [1.29, 1.82) is 0 Å². The topological polar surface area (TPSA) is 90.1 Å². The average Bonchev–Trinajstić information content (AvgIpc) is 2.68. The molecule has 1 saturated heterocycles. The van der Waals surface area contributed by atoms with Gasteiger partial charge in [0, 0.05) is 6.04 Å². The van der Waals surface area contributed by atoms with Crippen molar-refractivity contribution < 1.29 is 9.53 Å². The molecule has 0 aliphatic carbocycles. The van der Waals surface area contributed by atoms with Crippen LogP contribution < -0.4 is 11.1 Å². The first-order valence-corrected chi connectivity index (χ1v) is 6.48. The number of hydrogen-bond acceptors (Lipinski definition) is 5. The number of ether oxygens (including phenoxy) is 1. The summed E-state index contributed by atoms with van der Waals surface area (Å²) in [6.45, 7) is 0.750. The van der Waals surface area contributed by atoms with Crippen molar-refractivity contribution in [3.63, 3.8) is 0 Å². The van der Waals surface area contributed by atoms with Crippen LogP contribution in [0.4, 0.5) is 5.82 Å². The van der Waals surface area contributed by atoms with Gasteiger partial charge in [0.2, 0.25) is 5.91 Å². The van der Waals surface area contributed by atoms with E-state index >= 15 is 0 Å². The van der Waals surface area contributed by atoms with Crippen LogP contribution in [0, 0.1) is 5.92 Å². The minimum absolute atomic E-state index is 0.202. The van der Waals surface area contributed by atoms with E-state index in [1.165, 1.54) is 6.20 Å². The minimum atomic E-state index is -0.340.